The van der Waals surface area contributed by atoms with Gasteiger partial charge in [0.1, 0.15) is 11.5 Å². The standard InChI is InChI=1S/C17H15ClF2N2O4/c1-25-14-7-4-11(8-13(14)18)22-15(23)9-21-16(24)10-2-5-12(6-3-10)26-17(19)20/h2-8,17H,9H2,1H3,(H,21,24)(H,22,23). The Morgan fingerprint density at radius 3 is 2.42 bits per heavy atom. The van der Waals surface area contributed by atoms with E-state index >= 15 is 0 Å². The third-order valence-electron chi connectivity index (χ3n) is 3.19. The maximum Gasteiger partial charge on any atom is 0.387 e. The number of rotatable bonds is 7. The molecule has 0 saturated carbocycles. The van der Waals surface area contributed by atoms with Gasteiger partial charge in [0.2, 0.25) is 5.91 Å². The van der Waals surface area contributed by atoms with E-state index in [4.69, 9.17) is 16.3 Å². The number of halogens is 3. The van der Waals surface area contributed by atoms with Crippen molar-refractivity contribution in [3.05, 3.63) is 53.1 Å². The van der Waals surface area contributed by atoms with Crippen molar-refractivity contribution in [1.82, 2.24) is 5.32 Å². The topological polar surface area (TPSA) is 76.7 Å². The Morgan fingerprint density at radius 1 is 1.15 bits per heavy atom. The van der Waals surface area contributed by atoms with Crippen molar-refractivity contribution >= 4 is 29.1 Å². The first-order chi connectivity index (χ1) is 12.4. The molecule has 0 aliphatic rings. The second-order valence-electron chi connectivity index (χ2n) is 4.98. The highest BCUT2D eigenvalue weighted by Gasteiger charge is 2.10. The van der Waals surface area contributed by atoms with E-state index in [-0.39, 0.29) is 17.9 Å². The molecule has 2 aromatic carbocycles. The molecular weight excluding hydrogens is 370 g/mol. The minimum Gasteiger partial charge on any atom is -0.495 e. The van der Waals surface area contributed by atoms with Crippen molar-refractivity contribution < 1.29 is 27.8 Å². The first-order valence-corrected chi connectivity index (χ1v) is 7.73. The third kappa shape index (κ3) is 5.59. The first-order valence-electron chi connectivity index (χ1n) is 7.35. The molecule has 0 aliphatic heterocycles. The summed E-state index contributed by atoms with van der Waals surface area (Å²) in [6, 6.07) is 9.82. The van der Waals surface area contributed by atoms with Gasteiger partial charge in [-0.15, -0.1) is 0 Å². The van der Waals surface area contributed by atoms with Crippen molar-refractivity contribution in [2.45, 2.75) is 6.61 Å². The SMILES string of the molecule is COc1ccc(NC(=O)CNC(=O)c2ccc(OC(F)F)cc2)cc1Cl. The van der Waals surface area contributed by atoms with Gasteiger partial charge >= 0.3 is 6.61 Å². The summed E-state index contributed by atoms with van der Waals surface area (Å²) in [7, 11) is 1.47. The summed E-state index contributed by atoms with van der Waals surface area (Å²) in [5, 5.41) is 5.33. The van der Waals surface area contributed by atoms with Crippen molar-refractivity contribution in [2.24, 2.45) is 0 Å². The van der Waals surface area contributed by atoms with Crippen molar-refractivity contribution in [2.75, 3.05) is 19.0 Å². The lowest BCUT2D eigenvalue weighted by atomic mass is 10.2. The Bertz CT molecular complexity index is 785. The molecule has 0 atom stereocenters. The predicted molar refractivity (Wildman–Crippen MR) is 92.0 cm³/mol. The molecule has 2 N–H and O–H groups in total. The van der Waals surface area contributed by atoms with Gasteiger partial charge in [-0.3, -0.25) is 9.59 Å². The number of hydrogen-bond acceptors (Lipinski definition) is 4. The summed E-state index contributed by atoms with van der Waals surface area (Å²) in [4.78, 5) is 23.8. The van der Waals surface area contributed by atoms with Crippen LogP contribution in [-0.2, 0) is 4.79 Å². The van der Waals surface area contributed by atoms with Gasteiger partial charge in [0, 0.05) is 11.3 Å². The molecule has 0 radical (unpaired) electrons. The highest BCUT2D eigenvalue weighted by Crippen LogP contribution is 2.27. The number of anilines is 1. The Balaban J connectivity index is 1.86. The zero-order valence-electron chi connectivity index (χ0n) is 13.6. The number of alkyl halides is 2. The van der Waals surface area contributed by atoms with Gasteiger partial charge in [0.15, 0.2) is 0 Å². The van der Waals surface area contributed by atoms with Crippen LogP contribution in [0.2, 0.25) is 5.02 Å². The average Bonchev–Trinajstić information content (AvgIpc) is 2.60. The van der Waals surface area contributed by atoms with Crippen molar-refractivity contribution in [3.63, 3.8) is 0 Å². The summed E-state index contributed by atoms with van der Waals surface area (Å²) in [5.41, 5.74) is 0.649. The van der Waals surface area contributed by atoms with Gasteiger partial charge in [-0.05, 0) is 42.5 Å². The van der Waals surface area contributed by atoms with E-state index in [1.54, 1.807) is 12.1 Å². The van der Waals surface area contributed by atoms with E-state index in [0.717, 1.165) is 0 Å². The van der Waals surface area contributed by atoms with Crippen LogP contribution >= 0.6 is 11.6 Å². The molecule has 2 rings (SSSR count). The zero-order chi connectivity index (χ0) is 19.1. The van der Waals surface area contributed by atoms with Crippen LogP contribution in [0, 0.1) is 0 Å². The molecular formula is C17H15ClF2N2O4. The van der Waals surface area contributed by atoms with E-state index in [9.17, 15) is 18.4 Å². The quantitative estimate of drug-likeness (QED) is 0.767. The normalized spacial score (nSPS) is 10.3. The van der Waals surface area contributed by atoms with Gasteiger partial charge in [-0.25, -0.2) is 0 Å². The molecule has 9 heteroatoms. The molecule has 0 spiro atoms. The van der Waals surface area contributed by atoms with Crippen LogP contribution in [0.3, 0.4) is 0 Å². The van der Waals surface area contributed by atoms with Crippen molar-refractivity contribution in [3.8, 4) is 11.5 Å². The fourth-order valence-electron chi connectivity index (χ4n) is 2.00. The predicted octanol–water partition coefficient (Wildman–Crippen LogP) is 3.32. The molecule has 138 valence electrons. The molecule has 0 fully saturated rings. The molecule has 0 bridgehead atoms. The van der Waals surface area contributed by atoms with E-state index in [2.05, 4.69) is 15.4 Å². The Morgan fingerprint density at radius 2 is 1.85 bits per heavy atom. The highest BCUT2D eigenvalue weighted by molar-refractivity contribution is 6.32. The summed E-state index contributed by atoms with van der Waals surface area (Å²) in [6.45, 7) is -3.22. The molecule has 0 saturated heterocycles. The van der Waals surface area contributed by atoms with Crippen LogP contribution < -0.4 is 20.1 Å². The number of ether oxygens (including phenoxy) is 2. The lowest BCUT2D eigenvalue weighted by Gasteiger charge is -2.09. The monoisotopic (exact) mass is 384 g/mol. The molecule has 0 aliphatic carbocycles. The van der Waals surface area contributed by atoms with E-state index in [1.165, 1.54) is 37.4 Å². The number of methoxy groups -OCH3 is 1. The minimum absolute atomic E-state index is 0.0642. The Hall–Kier alpha value is -2.87. The van der Waals surface area contributed by atoms with Gasteiger partial charge in [-0.2, -0.15) is 8.78 Å². The average molecular weight is 385 g/mol. The molecule has 2 aromatic rings. The second-order valence-corrected chi connectivity index (χ2v) is 5.39. The van der Waals surface area contributed by atoms with Crippen LogP contribution in [0.25, 0.3) is 0 Å². The fourth-order valence-corrected chi connectivity index (χ4v) is 2.26. The maximum atomic E-state index is 12.1. The molecule has 0 unspecified atom stereocenters. The highest BCUT2D eigenvalue weighted by atomic mass is 35.5. The molecule has 26 heavy (non-hydrogen) atoms. The third-order valence-corrected chi connectivity index (χ3v) is 3.48. The molecule has 0 heterocycles. The van der Waals surface area contributed by atoms with Crippen LogP contribution in [0.1, 0.15) is 10.4 Å². The molecule has 2 amide bonds. The lowest BCUT2D eigenvalue weighted by molar-refractivity contribution is -0.115. The van der Waals surface area contributed by atoms with E-state index in [1.807, 2.05) is 0 Å². The lowest BCUT2D eigenvalue weighted by Crippen LogP contribution is -2.32. The van der Waals surface area contributed by atoms with Crippen LogP contribution in [0.15, 0.2) is 42.5 Å². The van der Waals surface area contributed by atoms with Crippen LogP contribution in [0.5, 0.6) is 11.5 Å². The summed E-state index contributed by atoms with van der Waals surface area (Å²) < 4.78 is 33.3. The smallest absolute Gasteiger partial charge is 0.387 e. The molecule has 0 aromatic heterocycles. The van der Waals surface area contributed by atoms with Gasteiger partial charge in [0.25, 0.3) is 5.91 Å². The summed E-state index contributed by atoms with van der Waals surface area (Å²) in [5.74, 6) is -0.586. The number of benzene rings is 2. The second kappa shape index (κ2) is 9.00. The summed E-state index contributed by atoms with van der Waals surface area (Å²) in [6.07, 6.45) is 0. The van der Waals surface area contributed by atoms with Gasteiger partial charge in [-0.1, -0.05) is 11.6 Å². The number of nitrogens with one attached hydrogen (secondary N) is 2. The number of amides is 2. The maximum absolute atomic E-state index is 12.1. The van der Waals surface area contributed by atoms with Crippen molar-refractivity contribution in [1.29, 1.82) is 0 Å². The van der Waals surface area contributed by atoms with Gasteiger partial charge < -0.3 is 20.1 Å². The number of carbonyl (C=O) groups is 2. The number of carbonyl (C=O) groups excluding carboxylic acids is 2. The fraction of sp³-hybridized carbons (Fsp3) is 0.176. The Kier molecular flexibility index (Phi) is 6.74. The van der Waals surface area contributed by atoms with Crippen LogP contribution in [-0.4, -0.2) is 32.1 Å². The molecule has 6 nitrogen and oxygen atoms in total. The van der Waals surface area contributed by atoms with Gasteiger partial charge in [0.05, 0.1) is 18.7 Å². The number of hydrogen-bond donors (Lipinski definition) is 2. The zero-order valence-corrected chi connectivity index (χ0v) is 14.3. The largest absolute Gasteiger partial charge is 0.495 e. The Labute approximate surface area is 153 Å². The van der Waals surface area contributed by atoms with E-state index < -0.39 is 18.4 Å². The first kappa shape index (κ1) is 19.5. The summed E-state index contributed by atoms with van der Waals surface area (Å²) >= 11 is 5.96. The van der Waals surface area contributed by atoms with Crippen LogP contribution in [0.4, 0.5) is 14.5 Å². The minimum atomic E-state index is -2.94. The van der Waals surface area contributed by atoms with E-state index in [0.29, 0.717) is 16.5 Å².